The van der Waals surface area contributed by atoms with Gasteiger partial charge in [-0.15, -0.1) is 6.42 Å². The molecule has 0 aromatic heterocycles. The molecule has 10 heteroatoms. The van der Waals surface area contributed by atoms with Crippen LogP contribution in [0.3, 0.4) is 0 Å². The number of nitrogens with zero attached hydrogens (tertiary/aromatic N) is 1. The Morgan fingerprint density at radius 3 is 2.04 bits per heavy atom. The lowest BCUT2D eigenvalue weighted by Crippen LogP contribution is -2.56. The predicted octanol–water partition coefficient (Wildman–Crippen LogP) is 5.66. The average molecular weight is 664 g/mol. The van der Waals surface area contributed by atoms with Crippen molar-refractivity contribution in [1.82, 2.24) is 15.5 Å². The Morgan fingerprint density at radius 2 is 1.53 bits per heavy atom. The minimum absolute atomic E-state index is 0.118. The second-order valence-corrected chi connectivity index (χ2v) is 14.9. The molecular weight excluding hydrogens is 614 g/mol. The number of nitrogens with one attached hydrogen (secondary N) is 2. The number of hydrogen-bond donors (Lipinski definition) is 2. The highest BCUT2D eigenvalue weighted by molar-refractivity contribution is 7.98. The summed E-state index contributed by atoms with van der Waals surface area (Å²) < 4.78 is 11.2. The molecule has 2 N–H and O–H groups in total. The number of amides is 3. The summed E-state index contributed by atoms with van der Waals surface area (Å²) in [6.45, 7) is 12.6. The summed E-state index contributed by atoms with van der Waals surface area (Å²) in [5.74, 6) is 1.76. The van der Waals surface area contributed by atoms with Gasteiger partial charge in [-0.05, 0) is 95.6 Å². The SMILES string of the molecule is C#Cc1ccc(C(C(=O)NC(Cc2ccccc2)C(=O)OC(C)(C)C)N(C(=O)C(CCSC)NC(=O)OC(C)(C)C)C2CC2C)cc1. The molecule has 0 bridgehead atoms. The molecule has 5 atom stereocenters. The van der Waals surface area contributed by atoms with Crippen LogP contribution in [0.25, 0.3) is 0 Å². The second kappa shape index (κ2) is 16.2. The van der Waals surface area contributed by atoms with E-state index in [0.29, 0.717) is 29.7 Å². The molecule has 0 radical (unpaired) electrons. The second-order valence-electron chi connectivity index (χ2n) is 14.0. The molecule has 2 aromatic rings. The van der Waals surface area contributed by atoms with E-state index in [0.717, 1.165) is 5.56 Å². The van der Waals surface area contributed by atoms with Gasteiger partial charge in [0.1, 0.15) is 29.3 Å². The van der Waals surface area contributed by atoms with E-state index < -0.39 is 53.2 Å². The van der Waals surface area contributed by atoms with Crippen LogP contribution in [-0.4, -0.2) is 70.1 Å². The molecule has 0 spiro atoms. The summed E-state index contributed by atoms with van der Waals surface area (Å²) in [5.41, 5.74) is 0.424. The van der Waals surface area contributed by atoms with Crippen molar-refractivity contribution >= 4 is 35.6 Å². The summed E-state index contributed by atoms with van der Waals surface area (Å²) in [4.78, 5) is 57.1. The number of benzene rings is 2. The molecule has 0 saturated heterocycles. The molecule has 9 nitrogen and oxygen atoms in total. The minimum atomic E-state index is -1.12. The Bertz CT molecular complexity index is 1430. The standard InChI is InChI=1S/C37H49N3O6S/c1-10-25-16-18-27(19-17-25)31(32(41)38-29(34(43)45-36(3,4)5)23-26-14-12-11-13-15-26)40(30-22-24(30)2)33(42)28(20-21-47-9)39-35(44)46-37(6,7)8/h1,11-19,24,28-31H,20-23H2,2-9H3,(H,38,41)(H,39,44). The lowest BCUT2D eigenvalue weighted by Gasteiger charge is -2.36. The van der Waals surface area contributed by atoms with E-state index in [1.807, 2.05) is 43.5 Å². The van der Waals surface area contributed by atoms with Crippen molar-refractivity contribution in [3.05, 3.63) is 71.3 Å². The summed E-state index contributed by atoms with van der Waals surface area (Å²) in [6, 6.07) is 12.9. The highest BCUT2D eigenvalue weighted by Gasteiger charge is 2.48. The number of thioether (sulfide) groups is 1. The number of alkyl carbamates (subject to hydrolysis) is 1. The van der Waals surface area contributed by atoms with E-state index in [2.05, 4.69) is 16.6 Å². The number of hydrogen-bond acceptors (Lipinski definition) is 7. The van der Waals surface area contributed by atoms with E-state index in [4.69, 9.17) is 15.9 Å². The van der Waals surface area contributed by atoms with Gasteiger partial charge in [-0.25, -0.2) is 9.59 Å². The monoisotopic (exact) mass is 663 g/mol. The first-order valence-electron chi connectivity index (χ1n) is 16.0. The zero-order valence-corrected chi connectivity index (χ0v) is 29.6. The normalized spacial score (nSPS) is 17.7. The maximum atomic E-state index is 14.6. The number of carbonyl (C=O) groups is 4. The fraction of sp³-hybridized carbons (Fsp3) is 0.514. The van der Waals surface area contributed by atoms with E-state index in [-0.39, 0.29) is 18.4 Å². The lowest BCUT2D eigenvalue weighted by atomic mass is 9.99. The average Bonchev–Trinajstić information content (AvgIpc) is 3.71. The Labute approximate surface area is 283 Å². The van der Waals surface area contributed by atoms with Crippen molar-refractivity contribution in [2.24, 2.45) is 5.92 Å². The Balaban J connectivity index is 2.07. The third-order valence-corrected chi connectivity index (χ3v) is 8.13. The van der Waals surface area contributed by atoms with Crippen LogP contribution < -0.4 is 10.6 Å². The van der Waals surface area contributed by atoms with E-state index in [9.17, 15) is 19.2 Å². The number of ether oxygens (including phenoxy) is 2. The lowest BCUT2D eigenvalue weighted by molar-refractivity contribution is -0.159. The molecule has 0 heterocycles. The number of terminal acetylenes is 1. The molecular formula is C37H49N3O6S. The Morgan fingerprint density at radius 1 is 0.936 bits per heavy atom. The fourth-order valence-electron chi connectivity index (χ4n) is 5.16. The van der Waals surface area contributed by atoms with Crippen molar-refractivity contribution < 1.29 is 28.7 Å². The highest BCUT2D eigenvalue weighted by Crippen LogP contribution is 2.41. The molecule has 1 aliphatic carbocycles. The van der Waals surface area contributed by atoms with Crippen LogP contribution in [0, 0.1) is 18.3 Å². The van der Waals surface area contributed by atoms with Gasteiger partial charge in [0.05, 0.1) is 0 Å². The third kappa shape index (κ3) is 11.7. The summed E-state index contributed by atoms with van der Waals surface area (Å²) in [5, 5.41) is 5.71. The zero-order chi connectivity index (χ0) is 34.9. The topological polar surface area (TPSA) is 114 Å². The molecule has 254 valence electrons. The molecule has 3 amide bonds. The van der Waals surface area contributed by atoms with Gasteiger partial charge in [-0.1, -0.05) is 55.3 Å². The largest absolute Gasteiger partial charge is 0.458 e. The number of esters is 1. The zero-order valence-electron chi connectivity index (χ0n) is 28.8. The van der Waals surface area contributed by atoms with Crippen molar-refractivity contribution in [3.63, 3.8) is 0 Å². The van der Waals surface area contributed by atoms with Crippen molar-refractivity contribution in [2.45, 2.75) is 103 Å². The minimum Gasteiger partial charge on any atom is -0.458 e. The van der Waals surface area contributed by atoms with Gasteiger partial charge in [0.15, 0.2) is 0 Å². The van der Waals surface area contributed by atoms with Gasteiger partial charge in [-0.2, -0.15) is 11.8 Å². The summed E-state index contributed by atoms with van der Waals surface area (Å²) in [6.07, 6.45) is 8.02. The van der Waals surface area contributed by atoms with Crippen LogP contribution in [0.2, 0.25) is 0 Å². The molecule has 3 rings (SSSR count). The maximum Gasteiger partial charge on any atom is 0.408 e. The van der Waals surface area contributed by atoms with Crippen molar-refractivity contribution in [3.8, 4) is 12.3 Å². The molecule has 1 aliphatic rings. The molecule has 47 heavy (non-hydrogen) atoms. The quantitative estimate of drug-likeness (QED) is 0.210. The first kappa shape index (κ1) is 37.5. The Hall–Kier alpha value is -3.97. The first-order valence-corrected chi connectivity index (χ1v) is 17.4. The van der Waals surface area contributed by atoms with Gasteiger partial charge in [0.25, 0.3) is 0 Å². The smallest absolute Gasteiger partial charge is 0.408 e. The van der Waals surface area contributed by atoms with Gasteiger partial charge in [0.2, 0.25) is 11.8 Å². The molecule has 0 aliphatic heterocycles. The number of rotatable bonds is 13. The third-order valence-electron chi connectivity index (χ3n) is 7.49. The molecule has 2 aromatic carbocycles. The highest BCUT2D eigenvalue weighted by atomic mass is 32.2. The van der Waals surface area contributed by atoms with Gasteiger partial charge < -0.3 is 25.0 Å². The summed E-state index contributed by atoms with van der Waals surface area (Å²) >= 11 is 1.54. The van der Waals surface area contributed by atoms with Crippen molar-refractivity contribution in [2.75, 3.05) is 12.0 Å². The molecule has 1 fully saturated rings. The van der Waals surface area contributed by atoms with Gasteiger partial charge in [0, 0.05) is 18.0 Å². The summed E-state index contributed by atoms with van der Waals surface area (Å²) in [7, 11) is 0. The predicted molar refractivity (Wildman–Crippen MR) is 186 cm³/mol. The van der Waals surface area contributed by atoms with Crippen LogP contribution in [0.1, 0.15) is 84.0 Å². The first-order chi connectivity index (χ1) is 22.0. The number of carbonyl (C=O) groups excluding carboxylic acids is 4. The van der Waals surface area contributed by atoms with Crippen LogP contribution in [-0.2, 0) is 30.3 Å². The Kier molecular flexibility index (Phi) is 12.9. The van der Waals surface area contributed by atoms with Crippen LogP contribution >= 0.6 is 11.8 Å². The fourth-order valence-corrected chi connectivity index (χ4v) is 5.63. The molecule has 1 saturated carbocycles. The molecule has 5 unspecified atom stereocenters. The van der Waals surface area contributed by atoms with E-state index in [1.165, 1.54) is 0 Å². The van der Waals surface area contributed by atoms with Crippen LogP contribution in [0.15, 0.2) is 54.6 Å². The van der Waals surface area contributed by atoms with Gasteiger partial charge >= 0.3 is 12.1 Å². The van der Waals surface area contributed by atoms with Crippen molar-refractivity contribution in [1.29, 1.82) is 0 Å². The van der Waals surface area contributed by atoms with Crippen LogP contribution in [0.5, 0.6) is 0 Å². The van der Waals surface area contributed by atoms with E-state index in [1.54, 1.807) is 82.5 Å². The van der Waals surface area contributed by atoms with E-state index >= 15 is 0 Å². The van der Waals surface area contributed by atoms with Crippen LogP contribution in [0.4, 0.5) is 4.79 Å². The van der Waals surface area contributed by atoms with Gasteiger partial charge in [-0.3, -0.25) is 9.59 Å². The maximum absolute atomic E-state index is 14.6.